The molecule has 5 nitrogen and oxygen atoms in total. The molecule has 0 aromatic heterocycles. The minimum Gasteiger partial charge on any atom is -0.391 e. The lowest BCUT2D eigenvalue weighted by Gasteiger charge is -2.24. The Bertz CT molecular complexity index is 268. The summed E-state index contributed by atoms with van der Waals surface area (Å²) in [5.74, 6) is 0.363. The molecule has 0 spiro atoms. The molecular weight excluding hydrogens is 302 g/mol. The molecule has 1 unspecified atom stereocenters. The molecule has 0 bridgehead atoms. The number of nitrogens with zero attached hydrogens (tertiary/aromatic N) is 1. The summed E-state index contributed by atoms with van der Waals surface area (Å²) >= 11 is 5.66. The van der Waals surface area contributed by atoms with Gasteiger partial charge in [0.05, 0.1) is 6.10 Å². The summed E-state index contributed by atoms with van der Waals surface area (Å²) in [6.07, 6.45) is 4.57. The first-order chi connectivity index (χ1) is 10.6. The first-order valence-electron chi connectivity index (χ1n) is 8.57. The largest absolute Gasteiger partial charge is 0.391 e. The lowest BCUT2D eigenvalue weighted by molar-refractivity contribution is -0.121. The Balaban J connectivity index is 3.86. The first kappa shape index (κ1) is 21.6. The number of alkyl halides is 1. The maximum absolute atomic E-state index is 11.7. The molecule has 0 fully saturated rings. The average molecular weight is 336 g/mol. The molecule has 0 heterocycles. The number of nitrogens with one attached hydrogen (secondary N) is 2. The molecule has 0 saturated heterocycles. The third-order valence-electron chi connectivity index (χ3n) is 3.51. The highest BCUT2D eigenvalue weighted by Gasteiger charge is 2.11. The molecule has 0 radical (unpaired) electrons. The number of amides is 1. The van der Waals surface area contributed by atoms with Gasteiger partial charge in [0.2, 0.25) is 5.91 Å². The SMILES string of the molecule is CCCCCCC(=O)NCCN(CCNCC)CC(O)CCl. The monoisotopic (exact) mass is 335 g/mol. The Morgan fingerprint density at radius 1 is 1.18 bits per heavy atom. The van der Waals surface area contributed by atoms with Gasteiger partial charge in [-0.25, -0.2) is 0 Å². The highest BCUT2D eigenvalue weighted by molar-refractivity contribution is 6.18. The molecule has 0 aromatic rings. The lowest BCUT2D eigenvalue weighted by Crippen LogP contribution is -2.42. The van der Waals surface area contributed by atoms with Gasteiger partial charge in [-0.2, -0.15) is 0 Å². The Morgan fingerprint density at radius 2 is 1.91 bits per heavy atom. The van der Waals surface area contributed by atoms with Gasteiger partial charge in [0.1, 0.15) is 0 Å². The topological polar surface area (TPSA) is 64.6 Å². The van der Waals surface area contributed by atoms with Crippen molar-refractivity contribution in [2.24, 2.45) is 0 Å². The van der Waals surface area contributed by atoms with Crippen molar-refractivity contribution in [1.29, 1.82) is 0 Å². The summed E-state index contributed by atoms with van der Waals surface area (Å²) < 4.78 is 0. The molecule has 1 amide bonds. The van der Waals surface area contributed by atoms with E-state index in [1.807, 2.05) is 0 Å². The van der Waals surface area contributed by atoms with Crippen LogP contribution in [0, 0.1) is 0 Å². The van der Waals surface area contributed by atoms with Gasteiger partial charge >= 0.3 is 0 Å². The van der Waals surface area contributed by atoms with Crippen molar-refractivity contribution >= 4 is 17.5 Å². The number of halogens is 1. The predicted octanol–water partition coefficient (Wildman–Crippen LogP) is 1.58. The average Bonchev–Trinajstić information content (AvgIpc) is 2.51. The molecular formula is C16H34ClN3O2. The molecule has 0 aliphatic rings. The van der Waals surface area contributed by atoms with Gasteiger partial charge in [-0.1, -0.05) is 33.1 Å². The quantitative estimate of drug-likeness (QED) is 0.314. The third-order valence-corrected chi connectivity index (χ3v) is 3.87. The summed E-state index contributed by atoms with van der Waals surface area (Å²) in [5.41, 5.74) is 0. The summed E-state index contributed by atoms with van der Waals surface area (Å²) in [4.78, 5) is 13.8. The van der Waals surface area contributed by atoms with E-state index in [-0.39, 0.29) is 11.8 Å². The van der Waals surface area contributed by atoms with Crippen LogP contribution in [0.5, 0.6) is 0 Å². The lowest BCUT2D eigenvalue weighted by atomic mass is 10.1. The zero-order chi connectivity index (χ0) is 16.6. The number of rotatable bonds is 15. The van der Waals surface area contributed by atoms with Crippen LogP contribution < -0.4 is 10.6 Å². The molecule has 1 atom stereocenters. The van der Waals surface area contributed by atoms with Crippen molar-refractivity contribution in [2.75, 3.05) is 45.1 Å². The standard InChI is InChI=1S/C16H34ClN3O2/c1-3-5-6-7-8-16(22)19-10-12-20(11-9-18-4-2)14-15(21)13-17/h15,18,21H,3-14H2,1-2H3,(H,19,22). The van der Waals surface area contributed by atoms with Gasteiger partial charge in [-0.15, -0.1) is 11.6 Å². The number of hydrogen-bond acceptors (Lipinski definition) is 4. The van der Waals surface area contributed by atoms with Crippen molar-refractivity contribution in [3.8, 4) is 0 Å². The van der Waals surface area contributed by atoms with Crippen LogP contribution in [0.25, 0.3) is 0 Å². The second kappa shape index (κ2) is 15.5. The van der Waals surface area contributed by atoms with Gasteiger partial charge in [0.25, 0.3) is 0 Å². The summed E-state index contributed by atoms with van der Waals surface area (Å²) in [6.45, 7) is 8.77. The molecule has 132 valence electrons. The van der Waals surface area contributed by atoms with Crippen LogP contribution in [0.4, 0.5) is 0 Å². The Hall–Kier alpha value is -0.360. The maximum Gasteiger partial charge on any atom is 0.220 e. The van der Waals surface area contributed by atoms with E-state index in [1.54, 1.807) is 0 Å². The van der Waals surface area contributed by atoms with Crippen molar-refractivity contribution in [3.63, 3.8) is 0 Å². The van der Waals surface area contributed by atoms with E-state index in [0.717, 1.165) is 39.0 Å². The van der Waals surface area contributed by atoms with E-state index in [1.165, 1.54) is 12.8 Å². The van der Waals surface area contributed by atoms with Crippen molar-refractivity contribution in [1.82, 2.24) is 15.5 Å². The minimum atomic E-state index is -0.520. The fraction of sp³-hybridized carbons (Fsp3) is 0.938. The number of likely N-dealkylation sites (N-methyl/N-ethyl adjacent to an activating group) is 1. The number of aliphatic hydroxyl groups is 1. The molecule has 0 rings (SSSR count). The number of carbonyl (C=O) groups excluding carboxylic acids is 1. The van der Waals surface area contributed by atoms with Gasteiger partial charge in [-0.3, -0.25) is 9.69 Å². The highest BCUT2D eigenvalue weighted by atomic mass is 35.5. The normalized spacial score (nSPS) is 12.6. The minimum absolute atomic E-state index is 0.126. The van der Waals surface area contributed by atoms with Gasteiger partial charge in [-0.05, 0) is 13.0 Å². The zero-order valence-electron chi connectivity index (χ0n) is 14.2. The fourth-order valence-corrected chi connectivity index (χ4v) is 2.31. The molecule has 0 aromatic carbocycles. The summed E-state index contributed by atoms with van der Waals surface area (Å²) in [7, 11) is 0. The van der Waals surface area contributed by atoms with Crippen LogP contribution in [-0.4, -0.2) is 67.2 Å². The van der Waals surface area contributed by atoms with Crippen LogP contribution in [-0.2, 0) is 4.79 Å². The number of carbonyl (C=O) groups is 1. The summed E-state index contributed by atoms with van der Waals surface area (Å²) in [5, 5.41) is 15.9. The Kier molecular flexibility index (Phi) is 15.3. The highest BCUT2D eigenvalue weighted by Crippen LogP contribution is 2.02. The predicted molar refractivity (Wildman–Crippen MR) is 93.5 cm³/mol. The molecule has 0 saturated carbocycles. The Labute approximate surface area is 140 Å². The number of unbranched alkanes of at least 4 members (excludes halogenated alkanes) is 3. The molecule has 3 N–H and O–H groups in total. The smallest absolute Gasteiger partial charge is 0.220 e. The van der Waals surface area contributed by atoms with Crippen LogP contribution in [0.2, 0.25) is 0 Å². The van der Waals surface area contributed by atoms with Gasteiger partial charge in [0, 0.05) is 45.0 Å². The van der Waals surface area contributed by atoms with Crippen LogP contribution in [0.3, 0.4) is 0 Å². The van der Waals surface area contributed by atoms with Gasteiger partial charge in [0.15, 0.2) is 0 Å². The van der Waals surface area contributed by atoms with Crippen LogP contribution >= 0.6 is 11.6 Å². The van der Waals surface area contributed by atoms with E-state index in [0.29, 0.717) is 19.5 Å². The first-order valence-corrected chi connectivity index (χ1v) is 9.11. The van der Waals surface area contributed by atoms with E-state index in [2.05, 4.69) is 29.4 Å². The van der Waals surface area contributed by atoms with E-state index >= 15 is 0 Å². The molecule has 6 heteroatoms. The van der Waals surface area contributed by atoms with E-state index in [4.69, 9.17) is 11.6 Å². The molecule has 0 aliphatic heterocycles. The van der Waals surface area contributed by atoms with Crippen LogP contribution in [0.15, 0.2) is 0 Å². The van der Waals surface area contributed by atoms with Gasteiger partial charge < -0.3 is 15.7 Å². The van der Waals surface area contributed by atoms with Crippen molar-refractivity contribution < 1.29 is 9.90 Å². The third kappa shape index (κ3) is 13.3. The summed E-state index contributed by atoms with van der Waals surface area (Å²) in [6, 6.07) is 0. The van der Waals surface area contributed by atoms with E-state index < -0.39 is 6.10 Å². The van der Waals surface area contributed by atoms with Crippen molar-refractivity contribution in [3.05, 3.63) is 0 Å². The maximum atomic E-state index is 11.7. The second-order valence-electron chi connectivity index (χ2n) is 5.62. The van der Waals surface area contributed by atoms with Crippen LogP contribution in [0.1, 0.15) is 46.0 Å². The zero-order valence-corrected chi connectivity index (χ0v) is 15.0. The molecule has 0 aliphatic carbocycles. The fourth-order valence-electron chi connectivity index (χ4n) is 2.21. The van der Waals surface area contributed by atoms with E-state index in [9.17, 15) is 9.90 Å². The molecule has 22 heavy (non-hydrogen) atoms. The number of aliphatic hydroxyl groups excluding tert-OH is 1. The Morgan fingerprint density at radius 3 is 2.55 bits per heavy atom. The number of hydrogen-bond donors (Lipinski definition) is 3. The van der Waals surface area contributed by atoms with Crippen molar-refractivity contribution in [2.45, 2.75) is 52.1 Å². The second-order valence-corrected chi connectivity index (χ2v) is 5.93.